The highest BCUT2D eigenvalue weighted by atomic mass is 79.9. The molecule has 0 spiro atoms. The zero-order valence-electron chi connectivity index (χ0n) is 19.2. The molecular weight excluding hydrogens is 498 g/mol. The SMILES string of the molecule is O=C(O)[C@H]1CN(C2c3ccccc3CCc3cc(Br)cnc32)CCN1C(=O)OC1CCCCC1. The molecule has 1 aliphatic heterocycles. The molecule has 8 heteroatoms. The molecule has 1 unspecified atom stereocenters. The Bertz CT molecular complexity index is 1070. The Morgan fingerprint density at radius 1 is 1.06 bits per heavy atom. The molecule has 0 radical (unpaired) electrons. The van der Waals surface area contributed by atoms with Crippen LogP contribution < -0.4 is 0 Å². The Balaban J connectivity index is 1.42. The molecule has 1 saturated heterocycles. The van der Waals surface area contributed by atoms with Crippen LogP contribution in [0.15, 0.2) is 41.0 Å². The third-order valence-corrected chi connectivity index (χ3v) is 7.79. The fraction of sp³-hybridized carbons (Fsp3) is 0.500. The van der Waals surface area contributed by atoms with E-state index in [1.54, 1.807) is 0 Å². The lowest BCUT2D eigenvalue weighted by Gasteiger charge is -2.43. The molecule has 2 aromatic rings. The summed E-state index contributed by atoms with van der Waals surface area (Å²) < 4.78 is 6.66. The molecule has 1 amide bonds. The summed E-state index contributed by atoms with van der Waals surface area (Å²) in [5, 5.41) is 10.1. The van der Waals surface area contributed by atoms with E-state index < -0.39 is 18.1 Å². The quantitative estimate of drug-likeness (QED) is 0.629. The lowest BCUT2D eigenvalue weighted by molar-refractivity contribution is -0.145. The summed E-state index contributed by atoms with van der Waals surface area (Å²) in [6.07, 6.45) is 8.00. The van der Waals surface area contributed by atoms with Crippen molar-refractivity contribution in [2.24, 2.45) is 0 Å². The first-order chi connectivity index (χ1) is 16.5. The van der Waals surface area contributed by atoms with Gasteiger partial charge in [0, 0.05) is 30.3 Å². The number of halogens is 1. The number of pyridine rings is 1. The lowest BCUT2D eigenvalue weighted by Crippen LogP contribution is -2.59. The minimum atomic E-state index is -1.00. The summed E-state index contributed by atoms with van der Waals surface area (Å²) >= 11 is 3.55. The molecule has 5 rings (SSSR count). The van der Waals surface area contributed by atoms with Gasteiger partial charge in [0.25, 0.3) is 0 Å². The van der Waals surface area contributed by atoms with Crippen molar-refractivity contribution in [1.82, 2.24) is 14.8 Å². The van der Waals surface area contributed by atoms with Crippen molar-refractivity contribution < 1.29 is 19.4 Å². The summed E-state index contributed by atoms with van der Waals surface area (Å²) in [5.41, 5.74) is 4.56. The van der Waals surface area contributed by atoms with Crippen LogP contribution in [-0.2, 0) is 22.4 Å². The largest absolute Gasteiger partial charge is 0.480 e. The minimum absolute atomic E-state index is 0.100. The number of rotatable bonds is 3. The molecule has 2 atom stereocenters. The second-order valence-electron chi connectivity index (χ2n) is 9.49. The van der Waals surface area contributed by atoms with Crippen LogP contribution in [0.1, 0.15) is 60.5 Å². The van der Waals surface area contributed by atoms with Gasteiger partial charge in [0.05, 0.1) is 11.7 Å². The van der Waals surface area contributed by atoms with Gasteiger partial charge in [0.1, 0.15) is 12.1 Å². The van der Waals surface area contributed by atoms with Gasteiger partial charge in [-0.15, -0.1) is 0 Å². The number of aryl methyl sites for hydroxylation is 2. The van der Waals surface area contributed by atoms with Crippen LogP contribution in [0.5, 0.6) is 0 Å². The molecule has 3 aliphatic rings. The molecule has 1 saturated carbocycles. The van der Waals surface area contributed by atoms with E-state index in [1.807, 2.05) is 12.3 Å². The molecular formula is C26H30BrN3O4. The number of carboxylic acid groups (broad SMARTS) is 1. The van der Waals surface area contributed by atoms with E-state index in [1.165, 1.54) is 28.0 Å². The second-order valence-corrected chi connectivity index (χ2v) is 10.4. The van der Waals surface area contributed by atoms with Gasteiger partial charge in [0.2, 0.25) is 0 Å². The smallest absolute Gasteiger partial charge is 0.410 e. The van der Waals surface area contributed by atoms with Gasteiger partial charge in [-0.25, -0.2) is 9.59 Å². The molecule has 2 fully saturated rings. The predicted octanol–water partition coefficient (Wildman–Crippen LogP) is 4.57. The molecule has 180 valence electrons. The van der Waals surface area contributed by atoms with Crippen molar-refractivity contribution in [3.8, 4) is 0 Å². The first-order valence-electron chi connectivity index (χ1n) is 12.2. The number of amides is 1. The number of nitrogens with zero attached hydrogens (tertiary/aromatic N) is 3. The summed E-state index contributed by atoms with van der Waals surface area (Å²) in [5.74, 6) is -1.00. The maximum atomic E-state index is 13.0. The van der Waals surface area contributed by atoms with Crippen molar-refractivity contribution >= 4 is 28.0 Å². The van der Waals surface area contributed by atoms with Crippen molar-refractivity contribution in [1.29, 1.82) is 0 Å². The third kappa shape index (κ3) is 4.70. The maximum absolute atomic E-state index is 13.0. The number of hydrogen-bond donors (Lipinski definition) is 1. The highest BCUT2D eigenvalue weighted by molar-refractivity contribution is 9.10. The van der Waals surface area contributed by atoms with Gasteiger partial charge in [-0.2, -0.15) is 0 Å². The Hall–Kier alpha value is -2.45. The fourth-order valence-corrected chi connectivity index (χ4v) is 5.99. The zero-order valence-corrected chi connectivity index (χ0v) is 20.7. The van der Waals surface area contributed by atoms with Gasteiger partial charge >= 0.3 is 12.1 Å². The highest BCUT2D eigenvalue weighted by Gasteiger charge is 2.41. The van der Waals surface area contributed by atoms with E-state index in [-0.39, 0.29) is 18.7 Å². The van der Waals surface area contributed by atoms with E-state index in [0.717, 1.165) is 48.7 Å². The number of aliphatic carboxylic acids is 1. The van der Waals surface area contributed by atoms with Crippen LogP contribution in [-0.4, -0.2) is 63.7 Å². The summed E-state index contributed by atoms with van der Waals surface area (Å²) in [6.45, 7) is 1.10. The molecule has 2 aliphatic carbocycles. The Labute approximate surface area is 208 Å². The zero-order chi connectivity index (χ0) is 23.7. The molecule has 1 aromatic carbocycles. The van der Waals surface area contributed by atoms with E-state index in [4.69, 9.17) is 9.72 Å². The highest BCUT2D eigenvalue weighted by Crippen LogP contribution is 2.37. The minimum Gasteiger partial charge on any atom is -0.480 e. The summed E-state index contributed by atoms with van der Waals surface area (Å²) in [4.78, 5) is 33.6. The number of carboxylic acids is 1. The summed E-state index contributed by atoms with van der Waals surface area (Å²) in [7, 11) is 0. The molecule has 1 N–H and O–H groups in total. The predicted molar refractivity (Wildman–Crippen MR) is 131 cm³/mol. The van der Waals surface area contributed by atoms with Crippen LogP contribution in [0.2, 0.25) is 0 Å². The number of ether oxygens (including phenoxy) is 1. The van der Waals surface area contributed by atoms with Crippen molar-refractivity contribution in [2.45, 2.75) is 63.1 Å². The normalized spacial score (nSPS) is 23.5. The topological polar surface area (TPSA) is 83.0 Å². The average Bonchev–Trinajstić information content (AvgIpc) is 3.01. The second kappa shape index (κ2) is 10.0. The number of aromatic nitrogens is 1. The Morgan fingerprint density at radius 3 is 2.62 bits per heavy atom. The molecule has 0 bridgehead atoms. The van der Waals surface area contributed by atoms with Crippen molar-refractivity contribution in [3.63, 3.8) is 0 Å². The molecule has 34 heavy (non-hydrogen) atoms. The van der Waals surface area contributed by atoms with E-state index in [9.17, 15) is 14.7 Å². The van der Waals surface area contributed by atoms with E-state index in [2.05, 4.69) is 45.1 Å². The number of fused-ring (bicyclic) bond motifs is 2. The molecule has 7 nitrogen and oxygen atoms in total. The lowest BCUT2D eigenvalue weighted by atomic mass is 9.95. The van der Waals surface area contributed by atoms with Gasteiger partial charge in [0.15, 0.2) is 0 Å². The van der Waals surface area contributed by atoms with Gasteiger partial charge in [-0.05, 0) is 77.2 Å². The molecule has 1 aromatic heterocycles. The number of piperazine rings is 1. The monoisotopic (exact) mass is 527 g/mol. The maximum Gasteiger partial charge on any atom is 0.410 e. The Morgan fingerprint density at radius 2 is 1.82 bits per heavy atom. The van der Waals surface area contributed by atoms with E-state index in [0.29, 0.717) is 13.1 Å². The first-order valence-corrected chi connectivity index (χ1v) is 13.0. The average molecular weight is 528 g/mol. The fourth-order valence-electron chi connectivity index (χ4n) is 5.61. The van der Waals surface area contributed by atoms with Crippen LogP contribution in [0.4, 0.5) is 4.79 Å². The van der Waals surface area contributed by atoms with Crippen LogP contribution in [0.25, 0.3) is 0 Å². The first kappa shape index (κ1) is 23.3. The number of hydrogen-bond acceptors (Lipinski definition) is 5. The number of carbonyl (C=O) groups excluding carboxylic acids is 1. The summed E-state index contributed by atoms with van der Waals surface area (Å²) in [6, 6.07) is 9.36. The molecule has 2 heterocycles. The van der Waals surface area contributed by atoms with Crippen LogP contribution in [0, 0.1) is 0 Å². The van der Waals surface area contributed by atoms with Crippen molar-refractivity contribution in [3.05, 3.63) is 63.4 Å². The van der Waals surface area contributed by atoms with Gasteiger partial charge in [-0.3, -0.25) is 14.8 Å². The van der Waals surface area contributed by atoms with Gasteiger partial charge in [-0.1, -0.05) is 30.7 Å². The Kier molecular flexibility index (Phi) is 6.88. The number of benzene rings is 1. The van der Waals surface area contributed by atoms with Crippen LogP contribution >= 0.6 is 15.9 Å². The standard InChI is InChI=1S/C26H30BrN3O4/c27-19-14-18-11-10-17-6-4-5-9-21(17)24(23(18)28-15-19)29-12-13-30(22(16-29)25(31)32)26(33)34-20-7-2-1-3-8-20/h4-6,9,14-15,20,22,24H,1-3,7-8,10-13,16H2,(H,31,32)/t22-,24?/m1/s1. The third-order valence-electron chi connectivity index (χ3n) is 7.36. The van der Waals surface area contributed by atoms with E-state index >= 15 is 0 Å². The van der Waals surface area contributed by atoms with Crippen molar-refractivity contribution in [2.75, 3.05) is 19.6 Å². The number of carbonyl (C=O) groups is 2. The van der Waals surface area contributed by atoms with Crippen LogP contribution in [0.3, 0.4) is 0 Å². The van der Waals surface area contributed by atoms with Gasteiger partial charge < -0.3 is 9.84 Å².